The van der Waals surface area contributed by atoms with Crippen LogP contribution in [0.3, 0.4) is 0 Å². The second-order valence-electron chi connectivity index (χ2n) is 7.71. The van der Waals surface area contributed by atoms with Crippen molar-refractivity contribution in [2.24, 2.45) is 0 Å². The van der Waals surface area contributed by atoms with Crippen molar-refractivity contribution in [3.63, 3.8) is 0 Å². The van der Waals surface area contributed by atoms with Crippen LogP contribution >= 0.6 is 11.3 Å². The van der Waals surface area contributed by atoms with Crippen LogP contribution in [-0.2, 0) is 9.53 Å². The summed E-state index contributed by atoms with van der Waals surface area (Å²) < 4.78 is 6.52. The number of rotatable bonds is 7. The maximum absolute atomic E-state index is 13.2. The Bertz CT molecular complexity index is 1170. The Morgan fingerprint density at radius 1 is 1.23 bits per heavy atom. The molecule has 8 heteroatoms. The molecular formula is C23H27N3O4S. The zero-order valence-electron chi connectivity index (χ0n) is 18.4. The number of hydrogen-bond donors (Lipinski definition) is 1. The van der Waals surface area contributed by atoms with Crippen LogP contribution in [-0.4, -0.2) is 28.0 Å². The van der Waals surface area contributed by atoms with Gasteiger partial charge in [0.05, 0.1) is 23.9 Å². The topological polar surface area (TPSA) is 90.3 Å². The molecule has 164 valence electrons. The van der Waals surface area contributed by atoms with Crippen molar-refractivity contribution in [1.82, 2.24) is 9.55 Å². The first-order valence-electron chi connectivity index (χ1n) is 10.3. The van der Waals surface area contributed by atoms with Gasteiger partial charge in [0, 0.05) is 11.1 Å². The standard InChI is InChI=1S/C23H27N3O4S/c1-6-7-8-30-23(29)17-11-31-21-18(17)22(28)26(12-24-21)16(5)20(27)25-19-14(3)9-13(2)10-15(19)4/h9-12,16H,6-8H2,1-5H3,(H,25,27). The number of ether oxygens (including phenoxy) is 1. The molecule has 3 rings (SSSR count). The molecule has 0 fully saturated rings. The van der Waals surface area contributed by atoms with Gasteiger partial charge in [0.1, 0.15) is 10.9 Å². The smallest absolute Gasteiger partial charge is 0.339 e. The monoisotopic (exact) mass is 441 g/mol. The molecule has 7 nitrogen and oxygen atoms in total. The first-order chi connectivity index (χ1) is 14.7. The number of carbonyl (C=O) groups is 2. The zero-order valence-corrected chi connectivity index (χ0v) is 19.3. The van der Waals surface area contributed by atoms with E-state index < -0.39 is 17.6 Å². The molecule has 31 heavy (non-hydrogen) atoms. The molecule has 1 aromatic carbocycles. The number of nitrogens with one attached hydrogen (secondary N) is 1. The van der Waals surface area contributed by atoms with Crippen LogP contribution < -0.4 is 10.9 Å². The van der Waals surface area contributed by atoms with Gasteiger partial charge in [-0.05, 0) is 45.2 Å². The largest absolute Gasteiger partial charge is 0.462 e. The molecule has 1 N–H and O–H groups in total. The van der Waals surface area contributed by atoms with Gasteiger partial charge in [0.25, 0.3) is 5.56 Å². The number of aromatic nitrogens is 2. The summed E-state index contributed by atoms with van der Waals surface area (Å²) in [5.74, 6) is -0.875. The molecular weight excluding hydrogens is 414 g/mol. The molecule has 0 aliphatic rings. The van der Waals surface area contributed by atoms with Gasteiger partial charge in [-0.1, -0.05) is 31.0 Å². The molecule has 0 saturated carbocycles. The summed E-state index contributed by atoms with van der Waals surface area (Å²) in [5.41, 5.74) is 3.51. The lowest BCUT2D eigenvalue weighted by Crippen LogP contribution is -2.32. The van der Waals surface area contributed by atoms with E-state index in [9.17, 15) is 14.4 Å². The Balaban J connectivity index is 1.91. The van der Waals surface area contributed by atoms with E-state index in [2.05, 4.69) is 10.3 Å². The first kappa shape index (κ1) is 22.7. The number of carbonyl (C=O) groups excluding carboxylic acids is 2. The van der Waals surface area contributed by atoms with Crippen LogP contribution in [0.5, 0.6) is 0 Å². The number of esters is 1. The van der Waals surface area contributed by atoms with Crippen molar-refractivity contribution in [2.75, 3.05) is 11.9 Å². The van der Waals surface area contributed by atoms with E-state index in [1.54, 1.807) is 12.3 Å². The van der Waals surface area contributed by atoms with Crippen molar-refractivity contribution in [3.05, 3.63) is 56.4 Å². The highest BCUT2D eigenvalue weighted by atomic mass is 32.1. The minimum Gasteiger partial charge on any atom is -0.462 e. The van der Waals surface area contributed by atoms with Crippen LogP contribution in [0.1, 0.15) is 59.8 Å². The maximum atomic E-state index is 13.2. The predicted molar refractivity (Wildman–Crippen MR) is 123 cm³/mol. The van der Waals surface area contributed by atoms with Crippen molar-refractivity contribution < 1.29 is 14.3 Å². The van der Waals surface area contributed by atoms with Gasteiger partial charge >= 0.3 is 5.97 Å². The minimum atomic E-state index is -0.812. The Hall–Kier alpha value is -3.00. The van der Waals surface area contributed by atoms with Crippen molar-refractivity contribution in [3.8, 4) is 0 Å². The molecule has 1 amide bonds. The van der Waals surface area contributed by atoms with Gasteiger partial charge in [0.2, 0.25) is 5.91 Å². The van der Waals surface area contributed by atoms with E-state index in [4.69, 9.17) is 4.74 Å². The van der Waals surface area contributed by atoms with E-state index in [0.717, 1.165) is 35.2 Å². The molecule has 1 atom stereocenters. The number of hydrogen-bond acceptors (Lipinski definition) is 6. The van der Waals surface area contributed by atoms with Crippen molar-refractivity contribution in [1.29, 1.82) is 0 Å². The van der Waals surface area contributed by atoms with Gasteiger partial charge in [-0.3, -0.25) is 14.2 Å². The highest BCUT2D eigenvalue weighted by Gasteiger charge is 2.23. The number of anilines is 1. The highest BCUT2D eigenvalue weighted by molar-refractivity contribution is 7.17. The summed E-state index contributed by atoms with van der Waals surface area (Å²) >= 11 is 1.21. The SMILES string of the molecule is CCCCOC(=O)c1csc2ncn(C(C)C(=O)Nc3c(C)cc(C)cc3C)c(=O)c12. The lowest BCUT2D eigenvalue weighted by molar-refractivity contribution is -0.118. The predicted octanol–water partition coefficient (Wildman–Crippen LogP) is 4.54. The Kier molecular flexibility index (Phi) is 6.90. The van der Waals surface area contributed by atoms with Crippen LogP contribution in [0.25, 0.3) is 10.2 Å². The van der Waals surface area contributed by atoms with E-state index in [0.29, 0.717) is 11.4 Å². The Labute approximate surface area is 185 Å². The fourth-order valence-electron chi connectivity index (χ4n) is 3.49. The van der Waals surface area contributed by atoms with E-state index >= 15 is 0 Å². The third kappa shape index (κ3) is 4.69. The fourth-order valence-corrected chi connectivity index (χ4v) is 4.36. The van der Waals surface area contributed by atoms with Gasteiger partial charge in [-0.25, -0.2) is 9.78 Å². The number of aryl methyl sites for hydroxylation is 3. The summed E-state index contributed by atoms with van der Waals surface area (Å²) in [7, 11) is 0. The summed E-state index contributed by atoms with van der Waals surface area (Å²) in [4.78, 5) is 43.3. The van der Waals surface area contributed by atoms with Gasteiger partial charge in [-0.15, -0.1) is 11.3 Å². The van der Waals surface area contributed by atoms with E-state index in [-0.39, 0.29) is 16.9 Å². The van der Waals surface area contributed by atoms with Crippen molar-refractivity contribution >= 4 is 39.1 Å². The molecule has 2 heterocycles. The third-order valence-electron chi connectivity index (χ3n) is 5.19. The van der Waals surface area contributed by atoms with Crippen LogP contribution in [0.4, 0.5) is 5.69 Å². The number of nitrogens with zero attached hydrogens (tertiary/aromatic N) is 2. The van der Waals surface area contributed by atoms with Gasteiger partial charge in [-0.2, -0.15) is 0 Å². The van der Waals surface area contributed by atoms with E-state index in [1.165, 1.54) is 22.2 Å². The number of unbranched alkanes of at least 4 members (excludes halogenated alkanes) is 1. The summed E-state index contributed by atoms with van der Waals surface area (Å²) in [6.07, 6.45) is 3.01. The fraction of sp³-hybridized carbons (Fsp3) is 0.391. The molecule has 0 radical (unpaired) electrons. The summed E-state index contributed by atoms with van der Waals surface area (Å²) in [6, 6.07) is 3.18. The number of benzene rings is 1. The highest BCUT2D eigenvalue weighted by Crippen LogP contribution is 2.24. The lowest BCUT2D eigenvalue weighted by atomic mass is 10.0. The Morgan fingerprint density at radius 2 is 1.90 bits per heavy atom. The minimum absolute atomic E-state index is 0.191. The third-order valence-corrected chi connectivity index (χ3v) is 6.08. The molecule has 0 saturated heterocycles. The normalized spacial score (nSPS) is 12.0. The van der Waals surface area contributed by atoms with Crippen LogP contribution in [0, 0.1) is 20.8 Å². The number of fused-ring (bicyclic) bond motifs is 1. The summed E-state index contributed by atoms with van der Waals surface area (Å²) in [5, 5.41) is 4.71. The first-order valence-corrected chi connectivity index (χ1v) is 11.2. The van der Waals surface area contributed by atoms with Gasteiger partial charge in [0.15, 0.2) is 0 Å². The average Bonchev–Trinajstić information content (AvgIpc) is 3.15. The lowest BCUT2D eigenvalue weighted by Gasteiger charge is -2.18. The molecule has 0 aliphatic heterocycles. The average molecular weight is 442 g/mol. The Morgan fingerprint density at radius 3 is 2.55 bits per heavy atom. The van der Waals surface area contributed by atoms with E-state index in [1.807, 2.05) is 39.8 Å². The van der Waals surface area contributed by atoms with Crippen molar-refractivity contribution in [2.45, 2.75) is 53.5 Å². The molecule has 2 aromatic heterocycles. The number of thiophene rings is 1. The zero-order chi connectivity index (χ0) is 22.7. The van der Waals surface area contributed by atoms with Crippen LogP contribution in [0.2, 0.25) is 0 Å². The molecule has 1 unspecified atom stereocenters. The second-order valence-corrected chi connectivity index (χ2v) is 8.57. The maximum Gasteiger partial charge on any atom is 0.339 e. The molecule has 0 spiro atoms. The second kappa shape index (κ2) is 9.43. The quantitative estimate of drug-likeness (QED) is 0.429. The molecule has 0 aliphatic carbocycles. The number of amides is 1. The molecule has 0 bridgehead atoms. The van der Waals surface area contributed by atoms with Crippen LogP contribution in [0.15, 0.2) is 28.6 Å². The molecule has 3 aromatic rings. The van der Waals surface area contributed by atoms with Gasteiger partial charge < -0.3 is 10.1 Å². The summed E-state index contributed by atoms with van der Waals surface area (Å²) in [6.45, 7) is 9.80.